The number of ether oxygens (including phenoxy) is 6. The topological polar surface area (TPSA) is 55.4 Å². The van der Waals surface area contributed by atoms with Crippen molar-refractivity contribution < 1.29 is 28.4 Å². The fourth-order valence-electron chi connectivity index (χ4n) is 4.51. The van der Waals surface area contributed by atoms with Gasteiger partial charge in [-0.05, 0) is 36.8 Å². The lowest BCUT2D eigenvalue weighted by molar-refractivity contribution is -0.215. The van der Waals surface area contributed by atoms with E-state index in [-0.39, 0.29) is 12.0 Å². The van der Waals surface area contributed by atoms with Gasteiger partial charge in [-0.2, -0.15) is 0 Å². The van der Waals surface area contributed by atoms with Crippen LogP contribution in [-0.4, -0.2) is 41.3 Å². The summed E-state index contributed by atoms with van der Waals surface area (Å²) in [6.07, 6.45) is 8.04. The maximum absolute atomic E-state index is 6.50. The van der Waals surface area contributed by atoms with Crippen molar-refractivity contribution in [2.24, 2.45) is 5.92 Å². The molecule has 3 aromatic carbocycles. The van der Waals surface area contributed by atoms with Gasteiger partial charge in [-0.1, -0.05) is 60.7 Å². The van der Waals surface area contributed by atoms with E-state index >= 15 is 0 Å². The van der Waals surface area contributed by atoms with Gasteiger partial charge in [0.15, 0.2) is 6.29 Å². The van der Waals surface area contributed by atoms with Crippen LogP contribution in [0, 0.1) is 5.92 Å². The largest absolute Gasteiger partial charge is 0.496 e. The molecule has 0 spiro atoms. The molecule has 3 atom stereocenters. The second-order valence-corrected chi connectivity index (χ2v) is 8.58. The number of para-hydroxylation sites is 2. The Labute approximate surface area is 219 Å². The summed E-state index contributed by atoms with van der Waals surface area (Å²) in [6, 6.07) is 21.6. The van der Waals surface area contributed by atoms with Crippen LogP contribution in [-0.2, 0) is 9.47 Å². The molecule has 0 saturated carbocycles. The van der Waals surface area contributed by atoms with Crippen molar-refractivity contribution in [1.82, 2.24) is 0 Å². The van der Waals surface area contributed by atoms with Crippen LogP contribution >= 0.6 is 0 Å². The minimum Gasteiger partial charge on any atom is -0.496 e. The standard InChI is InChI=1S/C31H34O6/c1-32-26-15-7-5-11-22(26)19-20-30-36-21-23(31(37-30)25-13-6-8-16-29(25)35-4)12-9-14-24-27(33-2)17-10-18-28(24)34-3/h5-11,13-20,23,30-31H,12,21H2,1-4H3/b14-9+,20-19+/t23-,30-,31-/m0/s1. The van der Waals surface area contributed by atoms with E-state index in [1.165, 1.54) is 0 Å². The molecule has 6 heteroatoms. The number of allylic oxidation sites excluding steroid dienone is 1. The molecule has 0 amide bonds. The van der Waals surface area contributed by atoms with E-state index in [0.29, 0.717) is 6.61 Å². The van der Waals surface area contributed by atoms with Crippen LogP contribution in [0.3, 0.4) is 0 Å². The molecule has 0 N–H and O–H groups in total. The Kier molecular flexibility index (Phi) is 9.24. The van der Waals surface area contributed by atoms with E-state index in [4.69, 9.17) is 28.4 Å². The highest BCUT2D eigenvalue weighted by atomic mass is 16.7. The van der Waals surface area contributed by atoms with Gasteiger partial charge >= 0.3 is 0 Å². The molecule has 1 aliphatic heterocycles. The van der Waals surface area contributed by atoms with E-state index in [1.807, 2.05) is 78.9 Å². The van der Waals surface area contributed by atoms with Gasteiger partial charge in [0.05, 0.1) is 46.7 Å². The Bertz CT molecular complexity index is 1200. The molecule has 3 aromatic rings. The van der Waals surface area contributed by atoms with Gasteiger partial charge in [-0.15, -0.1) is 0 Å². The van der Waals surface area contributed by atoms with Crippen molar-refractivity contribution in [2.75, 3.05) is 35.0 Å². The molecule has 1 saturated heterocycles. The predicted octanol–water partition coefficient (Wildman–Crippen LogP) is 6.57. The van der Waals surface area contributed by atoms with E-state index in [1.54, 1.807) is 28.4 Å². The lowest BCUT2D eigenvalue weighted by Gasteiger charge is -2.36. The summed E-state index contributed by atoms with van der Waals surface area (Å²) in [5.74, 6) is 3.18. The Hall–Kier alpha value is -3.74. The van der Waals surface area contributed by atoms with Crippen molar-refractivity contribution in [3.05, 3.63) is 95.6 Å². The van der Waals surface area contributed by atoms with Gasteiger partial charge in [-0.3, -0.25) is 0 Å². The smallest absolute Gasteiger partial charge is 0.177 e. The van der Waals surface area contributed by atoms with Crippen molar-refractivity contribution in [3.8, 4) is 23.0 Å². The van der Waals surface area contributed by atoms with Gasteiger partial charge in [0.1, 0.15) is 23.0 Å². The van der Waals surface area contributed by atoms with Crippen molar-refractivity contribution in [3.63, 3.8) is 0 Å². The minimum absolute atomic E-state index is 0.0733. The molecule has 37 heavy (non-hydrogen) atoms. The summed E-state index contributed by atoms with van der Waals surface area (Å²) in [6.45, 7) is 0.525. The van der Waals surface area contributed by atoms with Crippen LogP contribution in [0.25, 0.3) is 12.2 Å². The molecule has 1 fully saturated rings. The zero-order valence-electron chi connectivity index (χ0n) is 21.8. The zero-order chi connectivity index (χ0) is 26.0. The molecule has 0 radical (unpaired) electrons. The Morgan fingerprint density at radius 2 is 1.35 bits per heavy atom. The number of methoxy groups -OCH3 is 4. The first-order valence-corrected chi connectivity index (χ1v) is 12.3. The zero-order valence-corrected chi connectivity index (χ0v) is 21.8. The molecule has 0 bridgehead atoms. The van der Waals surface area contributed by atoms with Crippen LogP contribution < -0.4 is 18.9 Å². The quantitative estimate of drug-likeness (QED) is 0.313. The molecular weight excluding hydrogens is 468 g/mol. The molecule has 0 unspecified atom stereocenters. The highest BCUT2D eigenvalue weighted by Gasteiger charge is 2.33. The summed E-state index contributed by atoms with van der Waals surface area (Å²) < 4.78 is 34.8. The highest BCUT2D eigenvalue weighted by Crippen LogP contribution is 2.40. The van der Waals surface area contributed by atoms with Crippen LogP contribution in [0.15, 0.2) is 78.9 Å². The molecule has 0 aliphatic carbocycles. The SMILES string of the molecule is COc1ccccc1/C=C/[C@H]1OC[C@H](C/C=C/c2c(OC)cccc2OC)[C@@H](c2ccccc2OC)O1. The highest BCUT2D eigenvalue weighted by molar-refractivity contribution is 5.64. The van der Waals surface area contributed by atoms with Gasteiger partial charge in [0, 0.05) is 17.0 Å². The summed E-state index contributed by atoms with van der Waals surface area (Å²) in [4.78, 5) is 0. The second-order valence-electron chi connectivity index (χ2n) is 8.58. The summed E-state index contributed by atoms with van der Waals surface area (Å²) in [5.41, 5.74) is 2.86. The first kappa shape index (κ1) is 26.3. The van der Waals surface area contributed by atoms with Crippen molar-refractivity contribution in [2.45, 2.75) is 18.8 Å². The number of hydrogen-bond donors (Lipinski definition) is 0. The summed E-state index contributed by atoms with van der Waals surface area (Å²) >= 11 is 0. The predicted molar refractivity (Wildman–Crippen MR) is 145 cm³/mol. The molecule has 1 aliphatic rings. The third kappa shape index (κ3) is 6.34. The Balaban J connectivity index is 1.56. The maximum atomic E-state index is 6.50. The van der Waals surface area contributed by atoms with Crippen LogP contribution in [0.1, 0.15) is 29.2 Å². The van der Waals surface area contributed by atoms with E-state index in [9.17, 15) is 0 Å². The lowest BCUT2D eigenvalue weighted by atomic mass is 9.91. The molecule has 0 aromatic heterocycles. The average Bonchev–Trinajstić information content (AvgIpc) is 2.96. The first-order valence-electron chi connectivity index (χ1n) is 12.3. The fourth-order valence-corrected chi connectivity index (χ4v) is 4.51. The van der Waals surface area contributed by atoms with Crippen LogP contribution in [0.4, 0.5) is 0 Å². The first-order chi connectivity index (χ1) is 18.2. The van der Waals surface area contributed by atoms with Gasteiger partial charge in [-0.25, -0.2) is 0 Å². The van der Waals surface area contributed by atoms with E-state index in [2.05, 4.69) is 12.1 Å². The van der Waals surface area contributed by atoms with Gasteiger partial charge in [0.2, 0.25) is 0 Å². The maximum Gasteiger partial charge on any atom is 0.177 e. The summed E-state index contributed by atoms with van der Waals surface area (Å²) in [5, 5.41) is 0. The molecular formula is C31H34O6. The van der Waals surface area contributed by atoms with Gasteiger partial charge < -0.3 is 28.4 Å². The third-order valence-corrected chi connectivity index (χ3v) is 6.39. The van der Waals surface area contributed by atoms with E-state index < -0.39 is 6.29 Å². The summed E-state index contributed by atoms with van der Waals surface area (Å²) in [7, 11) is 6.66. The van der Waals surface area contributed by atoms with Crippen LogP contribution in [0.2, 0.25) is 0 Å². The third-order valence-electron chi connectivity index (χ3n) is 6.39. The number of rotatable bonds is 10. The van der Waals surface area contributed by atoms with Gasteiger partial charge in [0.25, 0.3) is 0 Å². The normalized spacial score (nSPS) is 19.7. The second kappa shape index (κ2) is 13.0. The monoisotopic (exact) mass is 502 g/mol. The fraction of sp³-hybridized carbons (Fsp3) is 0.290. The number of hydrogen-bond acceptors (Lipinski definition) is 6. The molecule has 194 valence electrons. The van der Waals surface area contributed by atoms with Crippen molar-refractivity contribution >= 4 is 12.2 Å². The molecule has 1 heterocycles. The number of benzene rings is 3. The lowest BCUT2D eigenvalue weighted by Crippen LogP contribution is -2.34. The van der Waals surface area contributed by atoms with Crippen LogP contribution in [0.5, 0.6) is 23.0 Å². The average molecular weight is 503 g/mol. The minimum atomic E-state index is -0.505. The van der Waals surface area contributed by atoms with Crippen molar-refractivity contribution in [1.29, 1.82) is 0 Å². The molecule has 4 rings (SSSR count). The molecule has 6 nitrogen and oxygen atoms in total. The Morgan fingerprint density at radius 1 is 0.730 bits per heavy atom. The van der Waals surface area contributed by atoms with E-state index in [0.717, 1.165) is 46.1 Å². The Morgan fingerprint density at radius 3 is 2.05 bits per heavy atom.